The van der Waals surface area contributed by atoms with Crippen molar-refractivity contribution >= 4 is 6.29 Å². The molecule has 3 heteroatoms. The number of nitrogens with zero attached hydrogens (tertiary/aromatic N) is 2. The van der Waals surface area contributed by atoms with Crippen LogP contribution < -0.4 is 0 Å². The van der Waals surface area contributed by atoms with Gasteiger partial charge >= 0.3 is 0 Å². The van der Waals surface area contributed by atoms with Gasteiger partial charge in [0, 0.05) is 18.0 Å². The van der Waals surface area contributed by atoms with Gasteiger partial charge in [-0.2, -0.15) is 0 Å². The minimum absolute atomic E-state index is 0.366. The first kappa shape index (κ1) is 13.1. The van der Waals surface area contributed by atoms with Gasteiger partial charge < -0.3 is 4.57 Å². The lowest BCUT2D eigenvalue weighted by molar-refractivity contribution is 0.111. The van der Waals surface area contributed by atoms with Crippen molar-refractivity contribution in [3.63, 3.8) is 0 Å². The standard InChI is InChI=1S/C17H20N2O/c1-11-7-8-12(2)14(9-11)17-15(10-20)19-13(3)5-4-6-16(19)18-17/h7-10,13H,4-6H2,1-3H3. The maximum Gasteiger partial charge on any atom is 0.168 e. The largest absolute Gasteiger partial charge is 0.322 e. The lowest BCUT2D eigenvalue weighted by Crippen LogP contribution is -2.17. The van der Waals surface area contributed by atoms with Crippen LogP contribution in [0.15, 0.2) is 18.2 Å². The summed E-state index contributed by atoms with van der Waals surface area (Å²) in [6.45, 7) is 6.32. The van der Waals surface area contributed by atoms with Crippen LogP contribution in [-0.2, 0) is 6.42 Å². The van der Waals surface area contributed by atoms with Crippen LogP contribution in [0.25, 0.3) is 11.3 Å². The number of imidazole rings is 1. The summed E-state index contributed by atoms with van der Waals surface area (Å²) in [5, 5.41) is 0. The Morgan fingerprint density at radius 3 is 2.90 bits per heavy atom. The van der Waals surface area contributed by atoms with Crippen LogP contribution >= 0.6 is 0 Å². The molecule has 0 N–H and O–H groups in total. The van der Waals surface area contributed by atoms with Gasteiger partial charge in [-0.05, 0) is 45.2 Å². The van der Waals surface area contributed by atoms with E-state index in [1.54, 1.807) is 0 Å². The van der Waals surface area contributed by atoms with Crippen molar-refractivity contribution in [2.75, 3.05) is 0 Å². The summed E-state index contributed by atoms with van der Waals surface area (Å²) in [5.74, 6) is 1.06. The molecule has 0 fully saturated rings. The second-order valence-electron chi connectivity index (χ2n) is 5.81. The number of fused-ring (bicyclic) bond motifs is 1. The van der Waals surface area contributed by atoms with E-state index in [1.807, 2.05) is 0 Å². The minimum atomic E-state index is 0.366. The number of carbonyl (C=O) groups excluding carboxylic acids is 1. The van der Waals surface area contributed by atoms with Gasteiger partial charge in [0.1, 0.15) is 11.5 Å². The van der Waals surface area contributed by atoms with Gasteiger partial charge in [-0.1, -0.05) is 17.7 Å². The number of aldehydes is 1. The number of rotatable bonds is 2. The minimum Gasteiger partial charge on any atom is -0.322 e. The quantitative estimate of drug-likeness (QED) is 0.775. The summed E-state index contributed by atoms with van der Waals surface area (Å²) in [6.07, 6.45) is 4.21. The van der Waals surface area contributed by atoms with E-state index in [-0.39, 0.29) is 0 Å². The normalized spacial score (nSPS) is 17.9. The zero-order valence-electron chi connectivity index (χ0n) is 12.3. The topological polar surface area (TPSA) is 34.9 Å². The monoisotopic (exact) mass is 268 g/mol. The van der Waals surface area contributed by atoms with E-state index in [0.29, 0.717) is 6.04 Å². The lowest BCUT2D eigenvalue weighted by Gasteiger charge is -2.22. The molecule has 2 heterocycles. The molecule has 1 atom stereocenters. The van der Waals surface area contributed by atoms with Crippen LogP contribution in [0.3, 0.4) is 0 Å². The lowest BCUT2D eigenvalue weighted by atomic mass is 10.0. The fourth-order valence-corrected chi connectivity index (χ4v) is 3.15. The van der Waals surface area contributed by atoms with Gasteiger partial charge in [-0.25, -0.2) is 4.98 Å². The average molecular weight is 268 g/mol. The molecule has 104 valence electrons. The Morgan fingerprint density at radius 1 is 1.35 bits per heavy atom. The third-order valence-corrected chi connectivity index (χ3v) is 4.24. The van der Waals surface area contributed by atoms with E-state index < -0.39 is 0 Å². The fourth-order valence-electron chi connectivity index (χ4n) is 3.15. The molecule has 3 nitrogen and oxygen atoms in total. The number of aromatic nitrogens is 2. The number of hydrogen-bond acceptors (Lipinski definition) is 2. The van der Waals surface area contributed by atoms with E-state index in [9.17, 15) is 4.79 Å². The number of aryl methyl sites for hydroxylation is 3. The fraction of sp³-hybridized carbons (Fsp3) is 0.412. The van der Waals surface area contributed by atoms with Crippen LogP contribution in [0.5, 0.6) is 0 Å². The zero-order valence-corrected chi connectivity index (χ0v) is 12.3. The molecule has 0 bridgehead atoms. The van der Waals surface area contributed by atoms with Gasteiger partial charge in [-0.15, -0.1) is 0 Å². The Balaban J connectivity index is 2.24. The van der Waals surface area contributed by atoms with E-state index in [0.717, 1.165) is 48.3 Å². The molecule has 1 aromatic carbocycles. The maximum absolute atomic E-state index is 11.6. The maximum atomic E-state index is 11.6. The number of carbonyl (C=O) groups is 1. The van der Waals surface area contributed by atoms with Gasteiger partial charge in [-0.3, -0.25) is 4.79 Å². The molecule has 1 aliphatic rings. The van der Waals surface area contributed by atoms with Crippen molar-refractivity contribution in [3.8, 4) is 11.3 Å². The first-order valence-electron chi connectivity index (χ1n) is 7.25. The molecule has 1 aromatic heterocycles. The number of benzene rings is 1. The third kappa shape index (κ3) is 1.98. The molecule has 20 heavy (non-hydrogen) atoms. The molecule has 0 aliphatic carbocycles. The molecule has 1 unspecified atom stereocenters. The molecule has 3 rings (SSSR count). The van der Waals surface area contributed by atoms with E-state index in [2.05, 4.69) is 43.5 Å². The Hall–Kier alpha value is -1.90. The van der Waals surface area contributed by atoms with E-state index in [1.165, 1.54) is 11.1 Å². The van der Waals surface area contributed by atoms with Crippen molar-refractivity contribution in [3.05, 3.63) is 40.8 Å². The molecule has 2 aromatic rings. The first-order valence-corrected chi connectivity index (χ1v) is 7.25. The van der Waals surface area contributed by atoms with E-state index in [4.69, 9.17) is 4.98 Å². The first-order chi connectivity index (χ1) is 9.61. The van der Waals surface area contributed by atoms with Crippen molar-refractivity contribution in [2.24, 2.45) is 0 Å². The highest BCUT2D eigenvalue weighted by atomic mass is 16.1. The SMILES string of the molecule is Cc1ccc(C)c(-c2nc3n(c2C=O)C(C)CCC3)c1. The Kier molecular flexibility index (Phi) is 3.20. The molecular formula is C17H20N2O. The van der Waals surface area contributed by atoms with Crippen LogP contribution in [0, 0.1) is 13.8 Å². The zero-order chi connectivity index (χ0) is 14.3. The Bertz CT molecular complexity index is 670. The Labute approximate surface area is 119 Å². The highest BCUT2D eigenvalue weighted by Crippen LogP contribution is 2.33. The third-order valence-electron chi connectivity index (χ3n) is 4.24. The van der Waals surface area contributed by atoms with Gasteiger partial charge in [0.2, 0.25) is 0 Å². The second-order valence-corrected chi connectivity index (χ2v) is 5.81. The number of hydrogen-bond donors (Lipinski definition) is 0. The molecule has 0 saturated carbocycles. The second kappa shape index (κ2) is 4.89. The van der Waals surface area contributed by atoms with Crippen LogP contribution in [0.4, 0.5) is 0 Å². The predicted octanol–water partition coefficient (Wildman–Crippen LogP) is 3.88. The highest BCUT2D eigenvalue weighted by Gasteiger charge is 2.25. The molecule has 0 amide bonds. The average Bonchev–Trinajstić information content (AvgIpc) is 2.81. The molecular weight excluding hydrogens is 248 g/mol. The Morgan fingerprint density at radius 2 is 2.15 bits per heavy atom. The summed E-state index contributed by atoms with van der Waals surface area (Å²) in [4.78, 5) is 16.4. The summed E-state index contributed by atoms with van der Waals surface area (Å²) < 4.78 is 2.13. The molecule has 1 aliphatic heterocycles. The van der Waals surface area contributed by atoms with E-state index >= 15 is 0 Å². The molecule has 0 radical (unpaired) electrons. The summed E-state index contributed by atoms with van der Waals surface area (Å²) in [7, 11) is 0. The van der Waals surface area contributed by atoms with Gasteiger partial charge in [0.15, 0.2) is 6.29 Å². The van der Waals surface area contributed by atoms with Crippen molar-refractivity contribution in [1.82, 2.24) is 9.55 Å². The smallest absolute Gasteiger partial charge is 0.168 e. The van der Waals surface area contributed by atoms with Crippen LogP contribution in [0.2, 0.25) is 0 Å². The van der Waals surface area contributed by atoms with Crippen molar-refractivity contribution < 1.29 is 4.79 Å². The van der Waals surface area contributed by atoms with Gasteiger partial charge in [0.25, 0.3) is 0 Å². The van der Waals surface area contributed by atoms with Crippen molar-refractivity contribution in [1.29, 1.82) is 0 Å². The summed E-state index contributed by atoms with van der Waals surface area (Å²) in [6, 6.07) is 6.69. The summed E-state index contributed by atoms with van der Waals surface area (Å²) >= 11 is 0. The highest BCUT2D eigenvalue weighted by molar-refractivity contribution is 5.85. The van der Waals surface area contributed by atoms with Crippen LogP contribution in [0.1, 0.15) is 53.2 Å². The van der Waals surface area contributed by atoms with Gasteiger partial charge in [0.05, 0.1) is 5.69 Å². The van der Waals surface area contributed by atoms with Crippen molar-refractivity contribution in [2.45, 2.75) is 46.1 Å². The van der Waals surface area contributed by atoms with Crippen LogP contribution in [-0.4, -0.2) is 15.8 Å². The summed E-state index contributed by atoms with van der Waals surface area (Å²) in [5.41, 5.74) is 5.04. The molecule has 0 spiro atoms. The molecule has 0 saturated heterocycles. The predicted molar refractivity (Wildman–Crippen MR) is 80.2 cm³/mol.